The second kappa shape index (κ2) is 8.12. The van der Waals surface area contributed by atoms with Crippen LogP contribution in [-0.2, 0) is 12.8 Å². The molecule has 0 aliphatic carbocycles. The van der Waals surface area contributed by atoms with E-state index in [1.807, 2.05) is 37.3 Å². The van der Waals surface area contributed by atoms with E-state index in [9.17, 15) is 4.79 Å². The molecule has 0 aliphatic heterocycles. The molecule has 5 heteroatoms. The number of furan rings is 1. The van der Waals surface area contributed by atoms with Crippen LogP contribution in [0.2, 0.25) is 0 Å². The van der Waals surface area contributed by atoms with Crippen molar-refractivity contribution >= 4 is 6.03 Å². The van der Waals surface area contributed by atoms with Crippen LogP contribution in [0, 0.1) is 0 Å². The van der Waals surface area contributed by atoms with Crippen LogP contribution in [0.4, 0.5) is 4.79 Å². The molecular weight excluding hydrogens is 280 g/mol. The van der Waals surface area contributed by atoms with Crippen molar-refractivity contribution in [3.63, 3.8) is 0 Å². The van der Waals surface area contributed by atoms with Gasteiger partial charge in [0.1, 0.15) is 5.75 Å². The molecule has 22 heavy (non-hydrogen) atoms. The van der Waals surface area contributed by atoms with E-state index in [2.05, 4.69) is 10.6 Å². The van der Waals surface area contributed by atoms with Crippen molar-refractivity contribution in [3.8, 4) is 5.75 Å². The number of benzene rings is 1. The zero-order valence-corrected chi connectivity index (χ0v) is 13.0. The highest BCUT2D eigenvalue weighted by Gasteiger charge is 2.08. The highest BCUT2D eigenvalue weighted by atomic mass is 16.5. The van der Waals surface area contributed by atoms with Gasteiger partial charge in [-0.2, -0.15) is 0 Å². The molecule has 2 aromatic rings. The van der Waals surface area contributed by atoms with Crippen molar-refractivity contribution in [2.75, 3.05) is 13.7 Å². The van der Waals surface area contributed by atoms with Gasteiger partial charge < -0.3 is 19.8 Å². The van der Waals surface area contributed by atoms with Crippen molar-refractivity contribution in [3.05, 3.63) is 54.0 Å². The van der Waals surface area contributed by atoms with Crippen molar-refractivity contribution in [2.24, 2.45) is 0 Å². The summed E-state index contributed by atoms with van der Waals surface area (Å²) in [6, 6.07) is 9.65. The summed E-state index contributed by atoms with van der Waals surface area (Å²) in [6.07, 6.45) is 4.87. The van der Waals surface area contributed by atoms with Crippen molar-refractivity contribution in [1.82, 2.24) is 10.6 Å². The van der Waals surface area contributed by atoms with E-state index in [1.54, 1.807) is 19.6 Å². The Morgan fingerprint density at radius 1 is 1.23 bits per heavy atom. The zero-order chi connectivity index (χ0) is 15.8. The maximum Gasteiger partial charge on any atom is 0.315 e. The molecule has 1 heterocycles. The maximum absolute atomic E-state index is 11.8. The number of amides is 2. The molecule has 0 bridgehead atoms. The lowest BCUT2D eigenvalue weighted by molar-refractivity contribution is 0.238. The number of rotatable bonds is 7. The topological polar surface area (TPSA) is 63.5 Å². The van der Waals surface area contributed by atoms with Gasteiger partial charge in [-0.3, -0.25) is 0 Å². The van der Waals surface area contributed by atoms with Crippen molar-refractivity contribution < 1.29 is 13.9 Å². The van der Waals surface area contributed by atoms with Crippen LogP contribution in [0.25, 0.3) is 0 Å². The Balaban J connectivity index is 1.66. The van der Waals surface area contributed by atoms with Gasteiger partial charge in [0.2, 0.25) is 0 Å². The van der Waals surface area contributed by atoms with Gasteiger partial charge in [-0.1, -0.05) is 12.1 Å². The third-order valence-corrected chi connectivity index (χ3v) is 3.36. The number of hydrogen-bond donors (Lipinski definition) is 2. The van der Waals surface area contributed by atoms with E-state index in [0.717, 1.165) is 29.7 Å². The minimum Gasteiger partial charge on any atom is -0.497 e. The first-order valence-electron chi connectivity index (χ1n) is 7.35. The van der Waals surface area contributed by atoms with Gasteiger partial charge in [-0.25, -0.2) is 4.79 Å². The number of urea groups is 1. The average molecular weight is 302 g/mol. The maximum atomic E-state index is 11.8. The third kappa shape index (κ3) is 5.16. The quantitative estimate of drug-likeness (QED) is 0.826. The molecule has 5 nitrogen and oxygen atoms in total. The molecule has 2 N–H and O–H groups in total. The molecule has 118 valence electrons. The molecule has 2 rings (SSSR count). The minimum atomic E-state index is -0.149. The molecular formula is C17H22N2O3. The summed E-state index contributed by atoms with van der Waals surface area (Å²) in [5.41, 5.74) is 2.23. The summed E-state index contributed by atoms with van der Waals surface area (Å²) < 4.78 is 10.1. The molecule has 2 amide bonds. The molecule has 0 aliphatic rings. The lowest BCUT2D eigenvalue weighted by Gasteiger charge is -2.13. The first kappa shape index (κ1) is 15.9. The SMILES string of the molecule is COc1ccc(CCNC(=O)NC(C)Cc2ccoc2)cc1. The van der Waals surface area contributed by atoms with E-state index in [1.165, 1.54) is 0 Å². The standard InChI is InChI=1S/C17H22N2O3/c1-13(11-15-8-10-22-12-15)19-17(20)18-9-7-14-3-5-16(21-2)6-4-14/h3-6,8,10,12-13H,7,9,11H2,1-2H3,(H2,18,19,20). The molecule has 0 saturated carbocycles. The molecule has 1 aromatic heterocycles. The van der Waals surface area contributed by atoms with Crippen molar-refractivity contribution in [1.29, 1.82) is 0 Å². The molecule has 0 spiro atoms. The first-order chi connectivity index (χ1) is 10.7. The molecule has 1 atom stereocenters. The van der Waals surface area contributed by atoms with Gasteiger partial charge in [0.05, 0.1) is 19.6 Å². The Morgan fingerprint density at radius 2 is 2.00 bits per heavy atom. The van der Waals surface area contributed by atoms with Crippen LogP contribution < -0.4 is 15.4 Å². The third-order valence-electron chi connectivity index (χ3n) is 3.36. The van der Waals surface area contributed by atoms with Gasteiger partial charge >= 0.3 is 6.03 Å². The van der Waals surface area contributed by atoms with Gasteiger partial charge in [-0.05, 0) is 49.1 Å². The second-order valence-electron chi connectivity index (χ2n) is 5.24. The second-order valence-corrected chi connectivity index (χ2v) is 5.24. The van der Waals surface area contributed by atoms with Crippen LogP contribution in [0.5, 0.6) is 5.75 Å². The highest BCUT2D eigenvalue weighted by Crippen LogP contribution is 2.11. The monoisotopic (exact) mass is 302 g/mol. The number of carbonyl (C=O) groups excluding carboxylic acids is 1. The van der Waals surface area contributed by atoms with Crippen LogP contribution in [-0.4, -0.2) is 25.7 Å². The normalized spacial score (nSPS) is 11.7. The summed E-state index contributed by atoms with van der Waals surface area (Å²) in [4.78, 5) is 11.8. The largest absolute Gasteiger partial charge is 0.497 e. The Labute approximate surface area is 130 Å². The molecule has 0 saturated heterocycles. The van der Waals surface area contributed by atoms with Gasteiger partial charge in [0, 0.05) is 12.6 Å². The summed E-state index contributed by atoms with van der Waals surface area (Å²) in [5, 5.41) is 5.78. The number of nitrogens with one attached hydrogen (secondary N) is 2. The van der Waals surface area contributed by atoms with E-state index in [0.29, 0.717) is 6.54 Å². The number of carbonyl (C=O) groups is 1. The minimum absolute atomic E-state index is 0.0542. The van der Waals surface area contributed by atoms with E-state index >= 15 is 0 Å². The summed E-state index contributed by atoms with van der Waals surface area (Å²) in [5.74, 6) is 0.836. The molecule has 0 radical (unpaired) electrons. The van der Waals surface area contributed by atoms with Crippen LogP contribution >= 0.6 is 0 Å². The zero-order valence-electron chi connectivity index (χ0n) is 13.0. The predicted octanol–water partition coefficient (Wildman–Crippen LogP) is 2.76. The van der Waals surface area contributed by atoms with E-state index < -0.39 is 0 Å². The van der Waals surface area contributed by atoms with Crippen LogP contribution in [0.1, 0.15) is 18.1 Å². The van der Waals surface area contributed by atoms with Crippen LogP contribution in [0.3, 0.4) is 0 Å². The highest BCUT2D eigenvalue weighted by molar-refractivity contribution is 5.74. The number of hydrogen-bond acceptors (Lipinski definition) is 3. The lowest BCUT2D eigenvalue weighted by Crippen LogP contribution is -2.42. The van der Waals surface area contributed by atoms with Crippen LogP contribution in [0.15, 0.2) is 47.3 Å². The Hall–Kier alpha value is -2.43. The van der Waals surface area contributed by atoms with Crippen molar-refractivity contribution in [2.45, 2.75) is 25.8 Å². The molecule has 0 fully saturated rings. The number of methoxy groups -OCH3 is 1. The van der Waals surface area contributed by atoms with E-state index in [4.69, 9.17) is 9.15 Å². The fourth-order valence-corrected chi connectivity index (χ4v) is 2.20. The van der Waals surface area contributed by atoms with Gasteiger partial charge in [0.25, 0.3) is 0 Å². The van der Waals surface area contributed by atoms with Gasteiger partial charge in [0.15, 0.2) is 0 Å². The Kier molecular flexibility index (Phi) is 5.89. The Bertz CT molecular complexity index is 564. The number of ether oxygens (including phenoxy) is 1. The fraction of sp³-hybridized carbons (Fsp3) is 0.353. The lowest BCUT2D eigenvalue weighted by atomic mass is 10.1. The average Bonchev–Trinajstić information content (AvgIpc) is 3.00. The summed E-state index contributed by atoms with van der Waals surface area (Å²) in [7, 11) is 1.64. The smallest absolute Gasteiger partial charge is 0.315 e. The van der Waals surface area contributed by atoms with Gasteiger partial charge in [-0.15, -0.1) is 0 Å². The van der Waals surface area contributed by atoms with E-state index in [-0.39, 0.29) is 12.1 Å². The predicted molar refractivity (Wildman–Crippen MR) is 85.1 cm³/mol. The molecule has 1 unspecified atom stereocenters. The summed E-state index contributed by atoms with van der Waals surface area (Å²) in [6.45, 7) is 2.56. The fourth-order valence-electron chi connectivity index (χ4n) is 2.20. The molecule has 1 aromatic carbocycles. The summed E-state index contributed by atoms with van der Waals surface area (Å²) >= 11 is 0. The first-order valence-corrected chi connectivity index (χ1v) is 7.35. The Morgan fingerprint density at radius 3 is 2.64 bits per heavy atom.